The molecule has 0 saturated carbocycles. The van der Waals surface area contributed by atoms with E-state index < -0.39 is 73.6 Å². The quantitative estimate of drug-likeness (QED) is 0.0807. The summed E-state index contributed by atoms with van der Waals surface area (Å²) in [5, 5.41) is 59.6. The fraction of sp³-hybridized carbons (Fsp3) is 0.438. The molecule has 3 rings (SSSR count). The molecule has 1 saturated heterocycles. The zero-order valence-corrected chi connectivity index (χ0v) is 25.6. The smallest absolute Gasteiger partial charge is 0.364 e. The first kappa shape index (κ1) is 36.9. The number of amides is 3. The molecule has 15 nitrogen and oxygen atoms in total. The third kappa shape index (κ3) is 10.5. The van der Waals surface area contributed by atoms with Crippen LogP contribution in [0.1, 0.15) is 30.9 Å². The molecule has 1 aliphatic heterocycles. The molecule has 1 heterocycles. The molecule has 0 radical (unpaired) electrons. The topological polar surface area (TPSA) is 233 Å². The Hall–Kier alpha value is -4.56. The van der Waals surface area contributed by atoms with Gasteiger partial charge in [0.2, 0.25) is 17.7 Å². The summed E-state index contributed by atoms with van der Waals surface area (Å²) in [5.74, 6) is -3.11. The summed E-state index contributed by atoms with van der Waals surface area (Å²) in [4.78, 5) is 48.7. The van der Waals surface area contributed by atoms with Gasteiger partial charge in [-0.1, -0.05) is 30.3 Å². The number of carboxylic acids is 1. The van der Waals surface area contributed by atoms with E-state index in [2.05, 4.69) is 21.9 Å². The number of anilines is 1. The zero-order chi connectivity index (χ0) is 34.6. The number of carbonyl (C=O) groups excluding carboxylic acids is 3. The fourth-order valence-electron chi connectivity index (χ4n) is 4.84. The van der Waals surface area contributed by atoms with E-state index >= 15 is 0 Å². The number of aliphatic carboxylic acids is 1. The van der Waals surface area contributed by atoms with E-state index in [1.165, 1.54) is 6.92 Å². The number of hydrogen-bond acceptors (Lipinski definition) is 11. The minimum Gasteiger partial charge on any atom is -0.493 e. The van der Waals surface area contributed by atoms with E-state index in [1.807, 2.05) is 0 Å². The Morgan fingerprint density at radius 3 is 2.45 bits per heavy atom. The number of carbonyl (C=O) groups is 4. The number of nitrogens with one attached hydrogen (secondary N) is 3. The lowest BCUT2D eigenvalue weighted by atomic mass is 9.88. The molecule has 3 amide bonds. The van der Waals surface area contributed by atoms with Crippen molar-refractivity contribution in [1.82, 2.24) is 10.6 Å². The number of aliphatic hydroxyl groups excluding tert-OH is 4. The second-order valence-electron chi connectivity index (χ2n) is 10.8. The average Bonchev–Trinajstić information content (AvgIpc) is 3.04. The molecule has 254 valence electrons. The number of hydrogen-bond donors (Lipinski definition) is 8. The van der Waals surface area contributed by atoms with E-state index in [-0.39, 0.29) is 18.9 Å². The van der Waals surface area contributed by atoms with Crippen LogP contribution in [0.5, 0.6) is 5.75 Å². The Morgan fingerprint density at radius 2 is 1.81 bits per heavy atom. The van der Waals surface area contributed by atoms with Gasteiger partial charge in [-0.2, -0.15) is 0 Å². The van der Waals surface area contributed by atoms with Crippen LogP contribution in [-0.2, 0) is 41.7 Å². The van der Waals surface area contributed by atoms with Crippen LogP contribution in [0.4, 0.5) is 5.69 Å². The first-order valence-corrected chi connectivity index (χ1v) is 14.7. The van der Waals surface area contributed by atoms with Crippen molar-refractivity contribution >= 4 is 29.4 Å². The van der Waals surface area contributed by atoms with Gasteiger partial charge in [-0.15, -0.1) is 12.3 Å². The lowest BCUT2D eigenvalue weighted by Gasteiger charge is -2.46. The van der Waals surface area contributed by atoms with Crippen LogP contribution >= 0.6 is 0 Å². The summed E-state index contributed by atoms with van der Waals surface area (Å²) in [6.07, 6.45) is -2.51. The van der Waals surface area contributed by atoms with Crippen molar-refractivity contribution in [3.05, 3.63) is 59.7 Å². The molecule has 6 atom stereocenters. The minimum absolute atomic E-state index is 0.193. The number of ether oxygens (including phenoxy) is 3. The van der Waals surface area contributed by atoms with Crippen LogP contribution in [0.15, 0.2) is 48.5 Å². The molecule has 0 aliphatic carbocycles. The van der Waals surface area contributed by atoms with Gasteiger partial charge in [0, 0.05) is 32.0 Å². The molecular formula is C32H39N3O12. The predicted molar refractivity (Wildman–Crippen MR) is 165 cm³/mol. The molecule has 8 N–H and O–H groups in total. The highest BCUT2D eigenvalue weighted by Gasteiger charge is 2.55. The molecule has 0 bridgehead atoms. The van der Waals surface area contributed by atoms with Gasteiger partial charge in [-0.25, -0.2) is 4.79 Å². The maximum absolute atomic E-state index is 12.7. The van der Waals surface area contributed by atoms with E-state index in [0.717, 1.165) is 0 Å². The van der Waals surface area contributed by atoms with Gasteiger partial charge in [-0.3, -0.25) is 14.4 Å². The summed E-state index contributed by atoms with van der Waals surface area (Å²) < 4.78 is 16.9. The van der Waals surface area contributed by atoms with Crippen molar-refractivity contribution in [1.29, 1.82) is 0 Å². The number of terminal acetylenes is 1. The van der Waals surface area contributed by atoms with Crippen LogP contribution in [0.3, 0.4) is 0 Å². The molecule has 1 fully saturated rings. The number of rotatable bonds is 16. The summed E-state index contributed by atoms with van der Waals surface area (Å²) in [5.41, 5.74) is 1.40. The largest absolute Gasteiger partial charge is 0.493 e. The SMILES string of the molecule is C#CCCOc1ccc(CO[C@]2(C(=O)O)C[C@H](O)[C@@H](NC(=O)CO)[C@H]([C@H](O)[C@H](O)CNC(=O)Cc3ccccc3NC(C)=O)O2)cc1. The second-order valence-corrected chi connectivity index (χ2v) is 10.8. The maximum Gasteiger partial charge on any atom is 0.364 e. The van der Waals surface area contributed by atoms with Crippen molar-refractivity contribution in [2.24, 2.45) is 0 Å². The monoisotopic (exact) mass is 657 g/mol. The van der Waals surface area contributed by atoms with Crippen LogP contribution < -0.4 is 20.7 Å². The van der Waals surface area contributed by atoms with Crippen molar-refractivity contribution in [2.75, 3.05) is 25.1 Å². The van der Waals surface area contributed by atoms with E-state index in [4.69, 9.17) is 20.6 Å². The van der Waals surface area contributed by atoms with Gasteiger partial charge < -0.3 is 55.7 Å². The van der Waals surface area contributed by atoms with Crippen molar-refractivity contribution in [3.8, 4) is 18.1 Å². The first-order valence-electron chi connectivity index (χ1n) is 14.7. The van der Waals surface area contributed by atoms with Crippen LogP contribution in [0, 0.1) is 12.3 Å². The second kappa shape index (κ2) is 17.4. The minimum atomic E-state index is -2.54. The average molecular weight is 658 g/mol. The van der Waals surface area contributed by atoms with Gasteiger partial charge in [0.05, 0.1) is 37.9 Å². The molecule has 15 heteroatoms. The number of para-hydroxylation sites is 1. The number of carboxylic acid groups (broad SMARTS) is 1. The van der Waals surface area contributed by atoms with Gasteiger partial charge in [0.25, 0.3) is 5.79 Å². The predicted octanol–water partition coefficient (Wildman–Crippen LogP) is -0.948. The van der Waals surface area contributed by atoms with Gasteiger partial charge in [0.1, 0.15) is 24.6 Å². The molecule has 2 aromatic carbocycles. The Labute approximate surface area is 270 Å². The molecule has 0 spiro atoms. The van der Waals surface area contributed by atoms with Crippen LogP contribution in [0.2, 0.25) is 0 Å². The third-order valence-corrected chi connectivity index (χ3v) is 7.20. The van der Waals surface area contributed by atoms with Crippen LogP contribution in [0.25, 0.3) is 0 Å². The summed E-state index contributed by atoms with van der Waals surface area (Å²) in [6, 6.07) is 11.5. The van der Waals surface area contributed by atoms with E-state index in [1.54, 1.807) is 48.5 Å². The molecular weight excluding hydrogens is 618 g/mol. The zero-order valence-electron chi connectivity index (χ0n) is 25.6. The normalized spacial score (nSPS) is 21.8. The summed E-state index contributed by atoms with van der Waals surface area (Å²) in [6.45, 7) is -0.238. The Balaban J connectivity index is 1.74. The van der Waals surface area contributed by atoms with E-state index in [9.17, 15) is 44.7 Å². The van der Waals surface area contributed by atoms with Crippen molar-refractivity contribution < 1.29 is 58.9 Å². The highest BCUT2D eigenvalue weighted by atomic mass is 16.7. The molecule has 0 aromatic heterocycles. The standard InChI is InChI=1S/C32H39N3O12/c1-3-4-13-45-22-11-9-20(10-12-22)18-46-32(31(43)44)15-24(38)28(35-27(41)17-36)30(47-32)29(42)25(39)16-33-26(40)14-21-7-5-6-8-23(21)34-19(2)37/h1,5-12,24-25,28-30,36,38-39,42H,4,13-18H2,2H3,(H,33,40)(H,34,37)(H,35,41)(H,43,44)/t24-,25+,28+,29+,30+,32+/m0/s1. The molecule has 0 unspecified atom stereocenters. The lowest BCUT2D eigenvalue weighted by Crippen LogP contribution is -2.68. The Morgan fingerprint density at radius 1 is 1.11 bits per heavy atom. The summed E-state index contributed by atoms with van der Waals surface area (Å²) >= 11 is 0. The highest BCUT2D eigenvalue weighted by molar-refractivity contribution is 5.91. The van der Waals surface area contributed by atoms with Gasteiger partial charge in [-0.05, 0) is 29.3 Å². The Bertz CT molecular complexity index is 1430. The van der Waals surface area contributed by atoms with Crippen LogP contribution in [-0.4, -0.2) is 105 Å². The Kier molecular flexibility index (Phi) is 13.6. The van der Waals surface area contributed by atoms with Gasteiger partial charge >= 0.3 is 5.97 Å². The van der Waals surface area contributed by atoms with Gasteiger partial charge in [0.15, 0.2) is 0 Å². The summed E-state index contributed by atoms with van der Waals surface area (Å²) in [7, 11) is 0. The lowest BCUT2D eigenvalue weighted by molar-refractivity contribution is -0.314. The fourth-order valence-corrected chi connectivity index (χ4v) is 4.84. The maximum atomic E-state index is 12.7. The highest BCUT2D eigenvalue weighted by Crippen LogP contribution is 2.34. The van der Waals surface area contributed by atoms with Crippen molar-refractivity contribution in [3.63, 3.8) is 0 Å². The molecule has 47 heavy (non-hydrogen) atoms. The molecule has 1 aliphatic rings. The van der Waals surface area contributed by atoms with E-state index in [0.29, 0.717) is 35.6 Å². The number of aliphatic hydroxyl groups is 4. The third-order valence-electron chi connectivity index (χ3n) is 7.20. The first-order chi connectivity index (χ1) is 22.4. The van der Waals surface area contributed by atoms with Crippen molar-refractivity contribution in [2.45, 2.75) is 69.0 Å². The molecule has 2 aromatic rings. The number of benzene rings is 2.